The Labute approximate surface area is 143 Å². The molecule has 0 spiro atoms. The van der Waals surface area contributed by atoms with Crippen LogP contribution in [-0.4, -0.2) is 52.5 Å². The average Bonchev–Trinajstić information content (AvgIpc) is 3.18. The first-order chi connectivity index (χ1) is 9.57. The van der Waals surface area contributed by atoms with E-state index in [0.29, 0.717) is 5.75 Å². The molecule has 5 nitrogen and oxygen atoms in total. The van der Waals surface area contributed by atoms with E-state index in [0.717, 1.165) is 51.1 Å². The number of hydrogen-bond acceptors (Lipinski definition) is 4. The first kappa shape index (κ1) is 19.0. The molecule has 1 aromatic rings. The molecular formula is C15H23Cl2N3O2. The summed E-state index contributed by atoms with van der Waals surface area (Å²) in [6, 6.07) is 7.33. The van der Waals surface area contributed by atoms with Gasteiger partial charge in [-0.3, -0.25) is 9.69 Å². The topological polar surface area (TPSA) is 69.8 Å². The highest BCUT2D eigenvalue weighted by Gasteiger charge is 2.48. The Hall–Kier alpha value is -1.01. The Bertz CT molecular complexity index is 515. The van der Waals surface area contributed by atoms with E-state index >= 15 is 0 Å². The Morgan fingerprint density at radius 2 is 1.82 bits per heavy atom. The summed E-state index contributed by atoms with van der Waals surface area (Å²) < 4.78 is 0. The quantitative estimate of drug-likeness (QED) is 0.866. The highest BCUT2D eigenvalue weighted by Crippen LogP contribution is 2.34. The fourth-order valence-corrected chi connectivity index (χ4v) is 2.69. The van der Waals surface area contributed by atoms with Crippen LogP contribution in [-0.2, 0) is 11.3 Å². The van der Waals surface area contributed by atoms with E-state index in [2.05, 4.69) is 4.90 Å². The van der Waals surface area contributed by atoms with Crippen LogP contribution in [0.3, 0.4) is 0 Å². The second-order valence-electron chi connectivity index (χ2n) is 5.89. The zero-order chi connectivity index (χ0) is 14.2. The second kappa shape index (κ2) is 7.51. The molecule has 2 aliphatic rings. The normalized spacial score (nSPS) is 19.8. The number of nitrogens with two attached hydrogens (primary N) is 1. The van der Waals surface area contributed by atoms with E-state index in [-0.39, 0.29) is 30.7 Å². The monoisotopic (exact) mass is 347 g/mol. The number of benzene rings is 1. The standard InChI is InChI=1S/C15H21N3O2.2ClH/c16-15(4-5-15)14(20)18-8-6-17(7-9-18)11-12-2-1-3-13(19)10-12;;/h1-3,10,19H,4-9,11,16H2;2*1H. The first-order valence-electron chi connectivity index (χ1n) is 7.15. The Kier molecular flexibility index (Phi) is 6.50. The van der Waals surface area contributed by atoms with Crippen molar-refractivity contribution in [1.29, 1.82) is 0 Å². The lowest BCUT2D eigenvalue weighted by Gasteiger charge is -2.36. The number of nitrogens with zero attached hydrogens (tertiary/aromatic N) is 2. The minimum Gasteiger partial charge on any atom is -0.508 e. The van der Waals surface area contributed by atoms with Gasteiger partial charge in [0.1, 0.15) is 5.75 Å². The minimum absolute atomic E-state index is 0. The van der Waals surface area contributed by atoms with Crippen LogP contribution in [0.5, 0.6) is 5.75 Å². The van der Waals surface area contributed by atoms with Crippen molar-refractivity contribution >= 4 is 30.7 Å². The van der Waals surface area contributed by atoms with Crippen molar-refractivity contribution in [2.75, 3.05) is 26.2 Å². The number of rotatable bonds is 3. The summed E-state index contributed by atoms with van der Waals surface area (Å²) in [7, 11) is 0. The minimum atomic E-state index is -0.548. The molecule has 3 rings (SSSR count). The van der Waals surface area contributed by atoms with E-state index in [1.807, 2.05) is 17.0 Å². The number of amides is 1. The number of carbonyl (C=O) groups is 1. The molecular weight excluding hydrogens is 325 g/mol. The first-order valence-corrected chi connectivity index (χ1v) is 7.15. The predicted octanol–water partition coefficient (Wildman–Crippen LogP) is 1.37. The van der Waals surface area contributed by atoms with Crippen molar-refractivity contribution in [3.8, 4) is 5.75 Å². The maximum atomic E-state index is 12.1. The van der Waals surface area contributed by atoms with Crippen molar-refractivity contribution < 1.29 is 9.90 Å². The number of hydrogen-bond donors (Lipinski definition) is 2. The lowest BCUT2D eigenvalue weighted by atomic mass is 10.1. The maximum Gasteiger partial charge on any atom is 0.242 e. The summed E-state index contributed by atoms with van der Waals surface area (Å²) in [6.07, 6.45) is 1.66. The summed E-state index contributed by atoms with van der Waals surface area (Å²) >= 11 is 0. The molecule has 1 heterocycles. The molecule has 1 aliphatic heterocycles. The second-order valence-corrected chi connectivity index (χ2v) is 5.89. The van der Waals surface area contributed by atoms with Gasteiger partial charge < -0.3 is 15.7 Å². The third kappa shape index (κ3) is 4.26. The molecule has 3 N–H and O–H groups in total. The molecule has 124 valence electrons. The van der Waals surface area contributed by atoms with Crippen LogP contribution < -0.4 is 5.73 Å². The summed E-state index contributed by atoms with van der Waals surface area (Å²) in [4.78, 5) is 16.3. The highest BCUT2D eigenvalue weighted by molar-refractivity contribution is 5.89. The lowest BCUT2D eigenvalue weighted by Crippen LogP contribution is -2.53. The van der Waals surface area contributed by atoms with Gasteiger partial charge in [-0.05, 0) is 30.5 Å². The Morgan fingerprint density at radius 3 is 2.36 bits per heavy atom. The fraction of sp³-hybridized carbons (Fsp3) is 0.533. The van der Waals surface area contributed by atoms with Gasteiger partial charge in [0.05, 0.1) is 5.54 Å². The SMILES string of the molecule is Cl.Cl.NC1(C(=O)N2CCN(Cc3cccc(O)c3)CC2)CC1. The van der Waals surface area contributed by atoms with Gasteiger partial charge in [0.15, 0.2) is 0 Å². The van der Waals surface area contributed by atoms with Crippen LogP contribution in [0.4, 0.5) is 0 Å². The van der Waals surface area contributed by atoms with Crippen LogP contribution in [0.25, 0.3) is 0 Å². The van der Waals surface area contributed by atoms with Crippen molar-refractivity contribution in [3.63, 3.8) is 0 Å². The van der Waals surface area contributed by atoms with E-state index in [4.69, 9.17) is 5.73 Å². The predicted molar refractivity (Wildman–Crippen MR) is 90.6 cm³/mol. The highest BCUT2D eigenvalue weighted by atomic mass is 35.5. The number of carbonyl (C=O) groups excluding carboxylic acids is 1. The van der Waals surface area contributed by atoms with Crippen LogP contribution in [0.1, 0.15) is 18.4 Å². The van der Waals surface area contributed by atoms with Crippen molar-refractivity contribution in [2.45, 2.75) is 24.9 Å². The number of phenols is 1. The summed E-state index contributed by atoms with van der Waals surface area (Å²) in [5.41, 5.74) is 6.51. The fourth-order valence-electron chi connectivity index (χ4n) is 2.69. The van der Waals surface area contributed by atoms with Gasteiger partial charge in [-0.1, -0.05) is 12.1 Å². The van der Waals surface area contributed by atoms with Crippen LogP contribution in [0.2, 0.25) is 0 Å². The van der Waals surface area contributed by atoms with Gasteiger partial charge in [-0.2, -0.15) is 0 Å². The van der Waals surface area contributed by atoms with E-state index in [1.54, 1.807) is 12.1 Å². The van der Waals surface area contributed by atoms with Gasteiger partial charge in [-0.15, -0.1) is 24.8 Å². The summed E-state index contributed by atoms with van der Waals surface area (Å²) in [5.74, 6) is 0.421. The molecule has 7 heteroatoms. The van der Waals surface area contributed by atoms with E-state index in [1.165, 1.54) is 0 Å². The van der Waals surface area contributed by atoms with Crippen LogP contribution >= 0.6 is 24.8 Å². The van der Waals surface area contributed by atoms with Gasteiger partial charge in [0.25, 0.3) is 0 Å². The lowest BCUT2D eigenvalue weighted by molar-refractivity contribution is -0.135. The molecule has 1 saturated carbocycles. The molecule has 0 aromatic heterocycles. The molecule has 1 aromatic carbocycles. The largest absolute Gasteiger partial charge is 0.508 e. The zero-order valence-electron chi connectivity index (χ0n) is 12.4. The number of aromatic hydroxyl groups is 1. The molecule has 2 fully saturated rings. The average molecular weight is 348 g/mol. The zero-order valence-corrected chi connectivity index (χ0v) is 14.0. The summed E-state index contributed by atoms with van der Waals surface area (Å²) in [5, 5.41) is 9.47. The number of halogens is 2. The maximum absolute atomic E-state index is 12.1. The molecule has 1 amide bonds. The van der Waals surface area contributed by atoms with Crippen molar-refractivity contribution in [3.05, 3.63) is 29.8 Å². The molecule has 0 bridgehead atoms. The molecule has 0 radical (unpaired) electrons. The van der Waals surface area contributed by atoms with Gasteiger partial charge in [-0.25, -0.2) is 0 Å². The van der Waals surface area contributed by atoms with Crippen molar-refractivity contribution in [2.24, 2.45) is 5.73 Å². The molecule has 0 unspecified atom stereocenters. The molecule has 1 saturated heterocycles. The van der Waals surface area contributed by atoms with Gasteiger partial charge in [0, 0.05) is 32.7 Å². The van der Waals surface area contributed by atoms with Crippen molar-refractivity contribution in [1.82, 2.24) is 9.80 Å². The Morgan fingerprint density at radius 1 is 1.18 bits per heavy atom. The van der Waals surface area contributed by atoms with Crippen LogP contribution in [0.15, 0.2) is 24.3 Å². The number of phenolic OH excluding ortho intramolecular Hbond substituents is 1. The Balaban J connectivity index is 0.00000121. The molecule has 0 atom stereocenters. The van der Waals surface area contributed by atoms with E-state index in [9.17, 15) is 9.90 Å². The smallest absolute Gasteiger partial charge is 0.242 e. The number of piperazine rings is 1. The van der Waals surface area contributed by atoms with E-state index < -0.39 is 5.54 Å². The third-order valence-electron chi connectivity index (χ3n) is 4.19. The molecule has 22 heavy (non-hydrogen) atoms. The van der Waals surface area contributed by atoms with Gasteiger partial charge >= 0.3 is 0 Å². The van der Waals surface area contributed by atoms with Crippen LogP contribution in [0, 0.1) is 0 Å². The molecule has 1 aliphatic carbocycles. The van der Waals surface area contributed by atoms with Gasteiger partial charge in [0.2, 0.25) is 5.91 Å². The summed E-state index contributed by atoms with van der Waals surface area (Å²) in [6.45, 7) is 4.02. The third-order valence-corrected chi connectivity index (χ3v) is 4.19.